The summed E-state index contributed by atoms with van der Waals surface area (Å²) in [5.41, 5.74) is 1.52. The van der Waals surface area contributed by atoms with Crippen molar-refractivity contribution < 1.29 is 8.95 Å². The first-order valence-corrected chi connectivity index (χ1v) is 11.3. The van der Waals surface area contributed by atoms with E-state index in [1.807, 2.05) is 30.3 Å². The van der Waals surface area contributed by atoms with E-state index in [1.165, 1.54) is 0 Å². The molecule has 10 heteroatoms. The van der Waals surface area contributed by atoms with Crippen LogP contribution in [0.5, 0.6) is 5.75 Å². The number of hydrogen-bond donors (Lipinski definition) is 1. The van der Waals surface area contributed by atoms with Crippen LogP contribution in [-0.2, 0) is 17.3 Å². The lowest BCUT2D eigenvalue weighted by atomic mass is 10.1. The lowest BCUT2D eigenvalue weighted by Gasteiger charge is -2.28. The molecule has 1 saturated heterocycles. The zero-order valence-corrected chi connectivity index (χ0v) is 19.2. The summed E-state index contributed by atoms with van der Waals surface area (Å²) < 4.78 is 16.9. The van der Waals surface area contributed by atoms with E-state index in [0.29, 0.717) is 53.3 Å². The monoisotopic (exact) mass is 477 g/mol. The molecule has 162 valence electrons. The van der Waals surface area contributed by atoms with Crippen molar-refractivity contribution in [3.63, 3.8) is 0 Å². The molecule has 0 saturated carbocycles. The Balaban J connectivity index is 0.00000272. The summed E-state index contributed by atoms with van der Waals surface area (Å²) in [5, 5.41) is 23.8. The van der Waals surface area contributed by atoms with Crippen molar-refractivity contribution in [2.75, 3.05) is 41.9 Å². The van der Waals surface area contributed by atoms with Gasteiger partial charge >= 0.3 is 0 Å². The van der Waals surface area contributed by atoms with E-state index in [0.717, 1.165) is 22.2 Å². The Morgan fingerprint density at radius 2 is 1.97 bits per heavy atom. The minimum Gasteiger partial charge on any atom is -0.495 e. The molecule has 1 aliphatic heterocycles. The first-order valence-electron chi connectivity index (χ1n) is 9.46. The summed E-state index contributed by atoms with van der Waals surface area (Å²) in [5.74, 6) is 3.22. The number of nitriles is 1. The molecule has 1 aromatic heterocycles. The predicted molar refractivity (Wildman–Crippen MR) is 127 cm³/mol. The van der Waals surface area contributed by atoms with Crippen molar-refractivity contribution in [2.24, 2.45) is 0 Å². The fraction of sp³-hybridized carbons (Fsp3) is 0.286. The molecule has 0 atom stereocenters. The van der Waals surface area contributed by atoms with Crippen molar-refractivity contribution in [3.8, 4) is 11.8 Å². The van der Waals surface area contributed by atoms with Crippen LogP contribution in [0, 0.1) is 11.3 Å². The molecule has 1 N–H and O–H groups in total. The highest BCUT2D eigenvalue weighted by molar-refractivity contribution is 7.85. The van der Waals surface area contributed by atoms with Gasteiger partial charge in [-0.2, -0.15) is 5.26 Å². The highest BCUT2D eigenvalue weighted by Gasteiger charge is 2.20. The Bertz CT molecular complexity index is 1160. The number of aromatic nitrogens is 2. The van der Waals surface area contributed by atoms with Crippen LogP contribution in [0.2, 0.25) is 5.02 Å². The summed E-state index contributed by atoms with van der Waals surface area (Å²) >= 11 is 6.22. The summed E-state index contributed by atoms with van der Waals surface area (Å²) in [7, 11) is 0.807. The van der Waals surface area contributed by atoms with Crippen molar-refractivity contribution >= 4 is 57.2 Å². The largest absolute Gasteiger partial charge is 0.495 e. The quantitative estimate of drug-likeness (QED) is 0.597. The van der Waals surface area contributed by atoms with Crippen molar-refractivity contribution in [3.05, 3.63) is 52.5 Å². The molecule has 1 aliphatic rings. The number of fused-ring (bicyclic) bond motifs is 1. The standard InChI is InChI=1S/C21H20ClN5O2S.ClH/c1-29-19-5-3-15(11-18(19)22)13-24-20-17-10-14(12-23)2-4-16(17)21(26-25-20)27-6-8-30(28)9-7-27;/h2-5,10-11H,6-9,13H2,1H3,(H,24,25);1H. The highest BCUT2D eigenvalue weighted by atomic mass is 35.5. The molecule has 1 fully saturated rings. The van der Waals surface area contributed by atoms with E-state index in [2.05, 4.69) is 26.5 Å². The molecule has 0 amide bonds. The first-order chi connectivity index (χ1) is 14.6. The average Bonchev–Trinajstić information content (AvgIpc) is 2.77. The Morgan fingerprint density at radius 3 is 2.65 bits per heavy atom. The normalized spacial score (nSPS) is 14.0. The van der Waals surface area contributed by atoms with E-state index in [4.69, 9.17) is 16.3 Å². The Kier molecular flexibility index (Phi) is 7.55. The van der Waals surface area contributed by atoms with Crippen LogP contribution >= 0.6 is 24.0 Å². The molecule has 3 aromatic rings. The number of nitrogens with one attached hydrogen (secondary N) is 1. The number of benzene rings is 2. The van der Waals surface area contributed by atoms with Crippen LogP contribution in [0.4, 0.5) is 11.6 Å². The molecular formula is C21H21Cl2N5O2S. The van der Waals surface area contributed by atoms with Crippen LogP contribution in [-0.4, -0.2) is 46.1 Å². The second-order valence-electron chi connectivity index (χ2n) is 6.90. The van der Waals surface area contributed by atoms with E-state index >= 15 is 0 Å². The number of nitrogens with zero attached hydrogens (tertiary/aromatic N) is 4. The van der Waals surface area contributed by atoms with Gasteiger partial charge in [0.15, 0.2) is 11.6 Å². The lowest BCUT2D eigenvalue weighted by Crippen LogP contribution is -2.38. The highest BCUT2D eigenvalue weighted by Crippen LogP contribution is 2.31. The second kappa shape index (κ2) is 10.1. The maximum absolute atomic E-state index is 11.7. The van der Waals surface area contributed by atoms with Gasteiger partial charge in [0.1, 0.15) is 5.75 Å². The fourth-order valence-electron chi connectivity index (χ4n) is 3.43. The zero-order chi connectivity index (χ0) is 21.1. The molecule has 2 heterocycles. The van der Waals surface area contributed by atoms with Crippen molar-refractivity contribution in [2.45, 2.75) is 6.54 Å². The van der Waals surface area contributed by atoms with E-state index in [1.54, 1.807) is 13.2 Å². The molecule has 0 unspecified atom stereocenters. The molecule has 2 aromatic carbocycles. The number of anilines is 2. The third-order valence-corrected chi connectivity index (χ3v) is 6.61. The Morgan fingerprint density at radius 1 is 1.19 bits per heavy atom. The van der Waals surface area contributed by atoms with E-state index in [9.17, 15) is 9.47 Å². The molecule has 31 heavy (non-hydrogen) atoms. The van der Waals surface area contributed by atoms with Gasteiger partial charge in [0.2, 0.25) is 0 Å². The minimum absolute atomic E-state index is 0. The summed E-state index contributed by atoms with van der Waals surface area (Å²) in [6.45, 7) is 1.84. The fourth-order valence-corrected chi connectivity index (χ4v) is 4.76. The molecule has 4 rings (SSSR count). The number of halogens is 2. The summed E-state index contributed by atoms with van der Waals surface area (Å²) in [6.07, 6.45) is 0. The molecule has 0 spiro atoms. The molecule has 7 nitrogen and oxygen atoms in total. The van der Waals surface area contributed by atoms with Gasteiger partial charge in [-0.15, -0.1) is 22.6 Å². The Labute approximate surface area is 194 Å². The first kappa shape index (κ1) is 23.1. The number of rotatable bonds is 5. The lowest BCUT2D eigenvalue weighted by molar-refractivity contribution is 0.415. The van der Waals surface area contributed by atoms with E-state index < -0.39 is 10.8 Å². The topological polar surface area (TPSA) is 91.1 Å². The van der Waals surface area contributed by atoms with Crippen LogP contribution in [0.25, 0.3) is 10.8 Å². The molecule has 0 bridgehead atoms. The van der Waals surface area contributed by atoms with Gasteiger partial charge < -0.3 is 15.0 Å². The van der Waals surface area contributed by atoms with E-state index in [-0.39, 0.29) is 12.4 Å². The number of hydrogen-bond acceptors (Lipinski definition) is 7. The maximum atomic E-state index is 11.7. The maximum Gasteiger partial charge on any atom is 0.159 e. The molecule has 0 aliphatic carbocycles. The van der Waals surface area contributed by atoms with Crippen LogP contribution in [0.1, 0.15) is 11.1 Å². The summed E-state index contributed by atoms with van der Waals surface area (Å²) in [4.78, 5) is 2.11. The van der Waals surface area contributed by atoms with Gasteiger partial charge in [-0.1, -0.05) is 17.7 Å². The zero-order valence-electron chi connectivity index (χ0n) is 16.8. The van der Waals surface area contributed by atoms with Crippen molar-refractivity contribution in [1.29, 1.82) is 5.26 Å². The summed E-state index contributed by atoms with van der Waals surface area (Å²) in [6, 6.07) is 13.3. The smallest absolute Gasteiger partial charge is 0.159 e. The van der Waals surface area contributed by atoms with Gasteiger partial charge in [0.25, 0.3) is 0 Å². The number of methoxy groups -OCH3 is 1. The molecule has 0 radical (unpaired) electrons. The van der Waals surface area contributed by atoms with Crippen molar-refractivity contribution in [1.82, 2.24) is 10.2 Å². The van der Waals surface area contributed by atoms with Crippen LogP contribution in [0.15, 0.2) is 36.4 Å². The second-order valence-corrected chi connectivity index (χ2v) is 9.01. The van der Waals surface area contributed by atoms with Crippen LogP contribution < -0.4 is 15.0 Å². The molecular weight excluding hydrogens is 457 g/mol. The predicted octanol–water partition coefficient (Wildman–Crippen LogP) is 3.77. The van der Waals surface area contributed by atoms with Gasteiger partial charge in [0.05, 0.1) is 23.8 Å². The van der Waals surface area contributed by atoms with Crippen LogP contribution in [0.3, 0.4) is 0 Å². The Hall–Kier alpha value is -2.60. The van der Waals surface area contributed by atoms with Gasteiger partial charge in [0, 0.05) is 52.7 Å². The minimum atomic E-state index is -0.772. The van der Waals surface area contributed by atoms with Gasteiger partial charge in [-0.3, -0.25) is 4.21 Å². The van der Waals surface area contributed by atoms with Gasteiger partial charge in [-0.05, 0) is 35.9 Å². The van der Waals surface area contributed by atoms with Gasteiger partial charge in [-0.25, -0.2) is 0 Å². The number of ether oxygens (including phenoxy) is 1. The average molecular weight is 478 g/mol. The third-order valence-electron chi connectivity index (χ3n) is 5.04. The SMILES string of the molecule is COc1ccc(CNc2nnc(N3CCS(=O)CC3)c3ccc(C#N)cc23)cc1Cl.Cl. The third kappa shape index (κ3) is 5.01.